The molecule has 0 unspecified atom stereocenters. The minimum absolute atomic E-state index is 0.00619. The highest BCUT2D eigenvalue weighted by atomic mass is 32.2. The summed E-state index contributed by atoms with van der Waals surface area (Å²) in [6.45, 7) is 3.02. The number of ether oxygens (including phenoxy) is 1. The van der Waals surface area contributed by atoms with Crippen molar-refractivity contribution in [3.8, 4) is 0 Å². The number of hydrogen-bond acceptors (Lipinski definition) is 6. The number of nitrogens with two attached hydrogens (primary N) is 1. The maximum absolute atomic E-state index is 13.0. The average Bonchev–Trinajstić information content (AvgIpc) is 3.00. The monoisotopic (exact) mass is 400 g/mol. The van der Waals surface area contributed by atoms with Gasteiger partial charge in [0.1, 0.15) is 20.6 Å². The molecule has 3 N–H and O–H groups in total. The number of anilines is 1. The van der Waals surface area contributed by atoms with Gasteiger partial charge in [-0.3, -0.25) is 9.59 Å². The Morgan fingerprint density at radius 3 is 2.31 bits per heavy atom. The van der Waals surface area contributed by atoms with Gasteiger partial charge in [-0.15, -0.1) is 11.3 Å². The van der Waals surface area contributed by atoms with Gasteiger partial charge in [-0.25, -0.2) is 12.8 Å². The number of methoxy groups -OCH3 is 1. The van der Waals surface area contributed by atoms with Gasteiger partial charge in [0.15, 0.2) is 0 Å². The molecule has 0 saturated carbocycles. The molecule has 0 bridgehead atoms. The SMILES string of the molecule is COC(C)(C)C(=O)Nc1sc(S(=O)(=O)c2ccc(F)cc2)cc1C(N)=O. The fraction of sp³-hybridized carbons (Fsp3) is 0.250. The lowest BCUT2D eigenvalue weighted by atomic mass is 10.1. The quantitative estimate of drug-likeness (QED) is 0.721. The highest BCUT2D eigenvalue weighted by Gasteiger charge is 2.30. The number of benzene rings is 1. The topological polar surface area (TPSA) is 116 Å². The summed E-state index contributed by atoms with van der Waals surface area (Å²) in [4.78, 5) is 23.7. The van der Waals surface area contributed by atoms with Gasteiger partial charge >= 0.3 is 0 Å². The van der Waals surface area contributed by atoms with Gasteiger partial charge < -0.3 is 15.8 Å². The van der Waals surface area contributed by atoms with E-state index in [4.69, 9.17) is 10.5 Å². The van der Waals surface area contributed by atoms with E-state index in [-0.39, 0.29) is 19.7 Å². The second-order valence-electron chi connectivity index (χ2n) is 5.80. The third-order valence-electron chi connectivity index (χ3n) is 3.65. The van der Waals surface area contributed by atoms with Gasteiger partial charge in [-0.1, -0.05) is 0 Å². The average molecular weight is 400 g/mol. The van der Waals surface area contributed by atoms with Crippen molar-refractivity contribution in [1.29, 1.82) is 0 Å². The molecular formula is C16H17FN2O5S2. The Hall–Kier alpha value is -2.30. The van der Waals surface area contributed by atoms with Crippen LogP contribution in [0.4, 0.5) is 9.39 Å². The van der Waals surface area contributed by atoms with Gasteiger partial charge in [-0.2, -0.15) is 0 Å². The van der Waals surface area contributed by atoms with Crippen LogP contribution < -0.4 is 11.1 Å². The molecule has 0 aliphatic carbocycles. The number of amides is 2. The molecule has 1 heterocycles. The molecule has 0 aliphatic heterocycles. The van der Waals surface area contributed by atoms with E-state index in [1.807, 2.05) is 0 Å². The zero-order valence-electron chi connectivity index (χ0n) is 14.2. The van der Waals surface area contributed by atoms with E-state index < -0.39 is 33.1 Å². The smallest absolute Gasteiger partial charge is 0.256 e. The molecule has 0 fully saturated rings. The summed E-state index contributed by atoms with van der Waals surface area (Å²) in [5.74, 6) is -2.05. The molecular weight excluding hydrogens is 383 g/mol. The summed E-state index contributed by atoms with van der Waals surface area (Å²) in [6.07, 6.45) is 0. The van der Waals surface area contributed by atoms with Crippen LogP contribution in [0.5, 0.6) is 0 Å². The first-order valence-corrected chi connectivity index (χ1v) is 9.60. The van der Waals surface area contributed by atoms with Crippen molar-refractivity contribution in [2.75, 3.05) is 12.4 Å². The number of rotatable bonds is 6. The van der Waals surface area contributed by atoms with Gasteiger partial charge in [0.2, 0.25) is 9.84 Å². The van der Waals surface area contributed by atoms with Gasteiger partial charge in [-0.05, 0) is 44.2 Å². The highest BCUT2D eigenvalue weighted by Crippen LogP contribution is 2.35. The number of primary amides is 1. The summed E-state index contributed by atoms with van der Waals surface area (Å²) in [6, 6.07) is 5.33. The van der Waals surface area contributed by atoms with Gasteiger partial charge in [0, 0.05) is 7.11 Å². The Morgan fingerprint density at radius 1 is 1.23 bits per heavy atom. The number of nitrogens with one attached hydrogen (secondary N) is 1. The van der Waals surface area contributed by atoms with E-state index in [1.165, 1.54) is 21.0 Å². The van der Waals surface area contributed by atoms with Crippen LogP contribution in [0.2, 0.25) is 0 Å². The summed E-state index contributed by atoms with van der Waals surface area (Å²) in [5, 5.41) is 2.46. The molecule has 2 rings (SSSR count). The fourth-order valence-corrected chi connectivity index (χ4v) is 4.62. The van der Waals surface area contributed by atoms with E-state index in [9.17, 15) is 22.4 Å². The highest BCUT2D eigenvalue weighted by molar-refractivity contribution is 7.93. The number of halogens is 1. The van der Waals surface area contributed by atoms with Crippen LogP contribution in [0.25, 0.3) is 0 Å². The molecule has 0 saturated heterocycles. The third-order valence-corrected chi connectivity index (χ3v) is 6.94. The third kappa shape index (κ3) is 3.92. The maximum atomic E-state index is 13.0. The summed E-state index contributed by atoms with van der Waals surface area (Å²) in [7, 11) is -2.67. The minimum atomic E-state index is -4.01. The van der Waals surface area contributed by atoms with Crippen LogP contribution in [0.1, 0.15) is 24.2 Å². The number of carbonyl (C=O) groups excluding carboxylic acids is 2. The Balaban J connectivity index is 2.48. The lowest BCUT2D eigenvalue weighted by Crippen LogP contribution is -2.39. The van der Waals surface area contributed by atoms with E-state index in [0.717, 1.165) is 30.3 Å². The standard InChI is InChI=1S/C16H17FN2O5S2/c1-16(2,24-3)15(21)19-14-11(13(18)20)8-12(25-14)26(22,23)10-6-4-9(17)5-7-10/h4-8H,1-3H3,(H2,18,20)(H,19,21). The molecule has 0 aliphatic rings. The molecule has 7 nitrogen and oxygen atoms in total. The molecule has 2 aromatic rings. The normalized spacial score (nSPS) is 12.0. The Bertz CT molecular complexity index is 950. The lowest BCUT2D eigenvalue weighted by Gasteiger charge is -2.21. The molecule has 0 radical (unpaired) electrons. The Morgan fingerprint density at radius 2 is 1.81 bits per heavy atom. The van der Waals surface area contributed by atoms with Crippen LogP contribution in [0.15, 0.2) is 39.4 Å². The van der Waals surface area contributed by atoms with Crippen LogP contribution in [0, 0.1) is 5.82 Å². The molecule has 0 atom stereocenters. The maximum Gasteiger partial charge on any atom is 0.256 e. The van der Waals surface area contributed by atoms with Crippen molar-refractivity contribution in [3.63, 3.8) is 0 Å². The molecule has 140 valence electrons. The second-order valence-corrected chi connectivity index (χ2v) is 9.03. The van der Waals surface area contributed by atoms with E-state index in [1.54, 1.807) is 0 Å². The molecule has 0 spiro atoms. The number of hydrogen-bond donors (Lipinski definition) is 2. The number of sulfone groups is 1. The lowest BCUT2D eigenvalue weighted by molar-refractivity contribution is -0.133. The Kier molecular flexibility index (Phi) is 5.49. The molecule has 10 heteroatoms. The first-order chi connectivity index (χ1) is 12.0. The zero-order valence-corrected chi connectivity index (χ0v) is 15.8. The van der Waals surface area contributed by atoms with E-state index in [0.29, 0.717) is 11.3 Å². The van der Waals surface area contributed by atoms with Crippen molar-refractivity contribution in [2.24, 2.45) is 5.73 Å². The number of carbonyl (C=O) groups is 2. The summed E-state index contributed by atoms with van der Waals surface area (Å²) >= 11 is 0.679. The summed E-state index contributed by atoms with van der Waals surface area (Å²) in [5.41, 5.74) is 3.95. The van der Waals surface area contributed by atoms with Crippen LogP contribution >= 0.6 is 11.3 Å². The first kappa shape index (κ1) is 20.0. The van der Waals surface area contributed by atoms with E-state index in [2.05, 4.69) is 5.32 Å². The van der Waals surface area contributed by atoms with Crippen molar-refractivity contribution in [3.05, 3.63) is 41.7 Å². The predicted octanol–water partition coefficient (Wildman–Crippen LogP) is 2.18. The molecule has 1 aromatic heterocycles. The van der Waals surface area contributed by atoms with E-state index >= 15 is 0 Å². The molecule has 2 amide bonds. The van der Waals surface area contributed by atoms with Crippen molar-refractivity contribution < 1.29 is 27.1 Å². The predicted molar refractivity (Wildman–Crippen MR) is 94.4 cm³/mol. The molecule has 1 aromatic carbocycles. The van der Waals surface area contributed by atoms with Gasteiger partial charge in [0.05, 0.1) is 10.5 Å². The Labute approximate surface area is 153 Å². The fourth-order valence-electron chi connectivity index (χ4n) is 1.85. The second kappa shape index (κ2) is 7.14. The first-order valence-electron chi connectivity index (χ1n) is 7.30. The van der Waals surface area contributed by atoms with Crippen molar-refractivity contribution in [1.82, 2.24) is 0 Å². The number of thiophene rings is 1. The van der Waals surface area contributed by atoms with Crippen molar-refractivity contribution >= 4 is 38.0 Å². The van der Waals surface area contributed by atoms with Crippen molar-refractivity contribution in [2.45, 2.75) is 28.6 Å². The van der Waals surface area contributed by atoms with Crippen LogP contribution in [-0.2, 0) is 19.4 Å². The summed E-state index contributed by atoms with van der Waals surface area (Å²) < 4.78 is 43.2. The van der Waals surface area contributed by atoms with Crippen LogP contribution in [-0.4, -0.2) is 32.9 Å². The van der Waals surface area contributed by atoms with Gasteiger partial charge in [0.25, 0.3) is 11.8 Å². The largest absolute Gasteiger partial charge is 0.369 e. The van der Waals surface area contributed by atoms with Crippen LogP contribution in [0.3, 0.4) is 0 Å². The minimum Gasteiger partial charge on any atom is -0.369 e. The molecule has 26 heavy (non-hydrogen) atoms. The zero-order chi connectivity index (χ0) is 19.7.